The van der Waals surface area contributed by atoms with Crippen LogP contribution in [0.1, 0.15) is 19.3 Å². The summed E-state index contributed by atoms with van der Waals surface area (Å²) in [6, 6.07) is 7.61. The Kier molecular flexibility index (Phi) is 3.96. The van der Waals surface area contributed by atoms with Gasteiger partial charge in [0.05, 0.1) is 11.7 Å². The molecular weight excluding hydrogens is 268 g/mol. The van der Waals surface area contributed by atoms with Gasteiger partial charge in [0.1, 0.15) is 0 Å². The maximum Gasteiger partial charge on any atom is 0.241 e. The Bertz CT molecular complexity index is 375. The third-order valence-electron chi connectivity index (χ3n) is 2.76. The van der Waals surface area contributed by atoms with E-state index in [1.54, 1.807) is 0 Å². The normalized spacial score (nSPS) is 20.4. The molecule has 1 aromatic rings. The largest absolute Gasteiger partial charge is 0.324 e. The van der Waals surface area contributed by atoms with E-state index < -0.39 is 0 Å². The van der Waals surface area contributed by atoms with Crippen LogP contribution in [0.4, 0.5) is 5.69 Å². The third-order valence-corrected chi connectivity index (χ3v) is 3.45. The topological polar surface area (TPSA) is 41.1 Å². The minimum absolute atomic E-state index is 0.0409. The quantitative estimate of drug-likeness (QED) is 0.875. The molecular formula is C12H15BrN2O. The molecule has 1 heterocycles. The van der Waals surface area contributed by atoms with Crippen molar-refractivity contribution >= 4 is 27.5 Å². The Hall–Kier alpha value is -0.870. The van der Waals surface area contributed by atoms with Crippen LogP contribution in [0.2, 0.25) is 0 Å². The predicted molar refractivity (Wildman–Crippen MR) is 68.4 cm³/mol. The van der Waals surface area contributed by atoms with Crippen molar-refractivity contribution in [3.8, 4) is 0 Å². The molecule has 16 heavy (non-hydrogen) atoms. The first kappa shape index (κ1) is 11.6. The Morgan fingerprint density at radius 1 is 1.38 bits per heavy atom. The van der Waals surface area contributed by atoms with E-state index in [2.05, 4.69) is 26.6 Å². The summed E-state index contributed by atoms with van der Waals surface area (Å²) >= 11 is 3.41. The molecule has 2 rings (SSSR count). The first-order valence-corrected chi connectivity index (χ1v) is 6.35. The third kappa shape index (κ3) is 2.83. The molecule has 1 aromatic carbocycles. The van der Waals surface area contributed by atoms with E-state index in [0.29, 0.717) is 0 Å². The summed E-state index contributed by atoms with van der Waals surface area (Å²) in [7, 11) is 0. The van der Waals surface area contributed by atoms with Crippen LogP contribution in [-0.2, 0) is 4.79 Å². The molecule has 0 spiro atoms. The number of hydrogen-bond acceptors (Lipinski definition) is 2. The van der Waals surface area contributed by atoms with Gasteiger partial charge in [0, 0.05) is 4.47 Å². The minimum Gasteiger partial charge on any atom is -0.324 e. The van der Waals surface area contributed by atoms with Crippen LogP contribution < -0.4 is 10.6 Å². The number of nitrogens with one attached hydrogen (secondary N) is 2. The van der Waals surface area contributed by atoms with Gasteiger partial charge < -0.3 is 10.6 Å². The lowest BCUT2D eigenvalue weighted by molar-refractivity contribution is -0.118. The van der Waals surface area contributed by atoms with Crippen molar-refractivity contribution in [1.82, 2.24) is 5.32 Å². The number of piperidine rings is 1. The molecule has 1 saturated heterocycles. The number of para-hydroxylation sites is 1. The van der Waals surface area contributed by atoms with E-state index in [1.165, 1.54) is 6.42 Å². The second-order valence-electron chi connectivity index (χ2n) is 3.97. The van der Waals surface area contributed by atoms with Gasteiger partial charge >= 0.3 is 0 Å². The first-order valence-electron chi connectivity index (χ1n) is 5.56. The van der Waals surface area contributed by atoms with Gasteiger partial charge in [-0.1, -0.05) is 18.6 Å². The molecule has 1 aliphatic rings. The van der Waals surface area contributed by atoms with E-state index in [0.717, 1.165) is 29.5 Å². The monoisotopic (exact) mass is 282 g/mol. The number of rotatable bonds is 2. The molecule has 86 valence electrons. The SMILES string of the molecule is O=C(Nc1ccccc1Br)C1CCCCN1. The van der Waals surface area contributed by atoms with Gasteiger partial charge in [-0.3, -0.25) is 4.79 Å². The maximum atomic E-state index is 11.9. The number of halogens is 1. The maximum absolute atomic E-state index is 11.9. The summed E-state index contributed by atoms with van der Waals surface area (Å²) in [5.41, 5.74) is 0.833. The highest BCUT2D eigenvalue weighted by molar-refractivity contribution is 9.10. The van der Waals surface area contributed by atoms with E-state index >= 15 is 0 Å². The van der Waals surface area contributed by atoms with E-state index in [-0.39, 0.29) is 11.9 Å². The Balaban J connectivity index is 1.99. The lowest BCUT2D eigenvalue weighted by atomic mass is 10.0. The lowest BCUT2D eigenvalue weighted by Crippen LogP contribution is -2.43. The van der Waals surface area contributed by atoms with Gasteiger partial charge in [0.15, 0.2) is 0 Å². The Morgan fingerprint density at radius 3 is 2.88 bits per heavy atom. The first-order chi connectivity index (χ1) is 7.77. The second-order valence-corrected chi connectivity index (χ2v) is 4.83. The van der Waals surface area contributed by atoms with Crippen LogP contribution >= 0.6 is 15.9 Å². The molecule has 1 aliphatic heterocycles. The fraction of sp³-hybridized carbons (Fsp3) is 0.417. The highest BCUT2D eigenvalue weighted by atomic mass is 79.9. The van der Waals surface area contributed by atoms with Gasteiger partial charge in [-0.15, -0.1) is 0 Å². The Morgan fingerprint density at radius 2 is 2.19 bits per heavy atom. The molecule has 2 N–H and O–H groups in total. The molecule has 0 radical (unpaired) electrons. The molecule has 1 amide bonds. The molecule has 0 saturated carbocycles. The number of benzene rings is 1. The summed E-state index contributed by atoms with van der Waals surface area (Å²) in [5.74, 6) is 0.0617. The molecule has 1 fully saturated rings. The van der Waals surface area contributed by atoms with Gasteiger partial charge in [-0.2, -0.15) is 0 Å². The zero-order valence-corrected chi connectivity index (χ0v) is 10.6. The number of amides is 1. The van der Waals surface area contributed by atoms with Crippen molar-refractivity contribution in [3.63, 3.8) is 0 Å². The average molecular weight is 283 g/mol. The van der Waals surface area contributed by atoms with Crippen molar-refractivity contribution < 1.29 is 4.79 Å². The predicted octanol–water partition coefficient (Wildman–Crippen LogP) is 2.53. The summed E-state index contributed by atoms with van der Waals surface area (Å²) in [6.45, 7) is 0.939. The van der Waals surface area contributed by atoms with Crippen molar-refractivity contribution in [2.45, 2.75) is 25.3 Å². The Labute approximate surface area is 104 Å². The van der Waals surface area contributed by atoms with Gasteiger partial charge in [-0.25, -0.2) is 0 Å². The minimum atomic E-state index is -0.0409. The van der Waals surface area contributed by atoms with Crippen LogP contribution in [0.5, 0.6) is 0 Å². The summed E-state index contributed by atoms with van der Waals surface area (Å²) in [5, 5.41) is 6.16. The molecule has 3 nitrogen and oxygen atoms in total. The van der Waals surface area contributed by atoms with Crippen molar-refractivity contribution in [2.75, 3.05) is 11.9 Å². The van der Waals surface area contributed by atoms with Crippen LogP contribution in [0, 0.1) is 0 Å². The van der Waals surface area contributed by atoms with Crippen LogP contribution in [-0.4, -0.2) is 18.5 Å². The number of carbonyl (C=O) groups excluding carboxylic acids is 1. The fourth-order valence-electron chi connectivity index (χ4n) is 1.86. The smallest absolute Gasteiger partial charge is 0.241 e. The van der Waals surface area contributed by atoms with Gasteiger partial charge in [0.25, 0.3) is 0 Å². The molecule has 0 aliphatic carbocycles. The van der Waals surface area contributed by atoms with Crippen molar-refractivity contribution in [1.29, 1.82) is 0 Å². The molecule has 0 aromatic heterocycles. The summed E-state index contributed by atoms with van der Waals surface area (Å²) in [6.07, 6.45) is 3.22. The highest BCUT2D eigenvalue weighted by Gasteiger charge is 2.20. The zero-order valence-electron chi connectivity index (χ0n) is 9.00. The van der Waals surface area contributed by atoms with E-state index in [4.69, 9.17) is 0 Å². The van der Waals surface area contributed by atoms with E-state index in [9.17, 15) is 4.79 Å². The molecule has 0 bridgehead atoms. The lowest BCUT2D eigenvalue weighted by Gasteiger charge is -2.22. The van der Waals surface area contributed by atoms with Crippen LogP contribution in [0.25, 0.3) is 0 Å². The summed E-state index contributed by atoms with van der Waals surface area (Å²) < 4.78 is 0.916. The van der Waals surface area contributed by atoms with Crippen LogP contribution in [0.3, 0.4) is 0 Å². The molecule has 1 atom stereocenters. The summed E-state index contributed by atoms with van der Waals surface area (Å²) in [4.78, 5) is 11.9. The van der Waals surface area contributed by atoms with Crippen molar-refractivity contribution in [2.24, 2.45) is 0 Å². The van der Waals surface area contributed by atoms with E-state index in [1.807, 2.05) is 24.3 Å². The molecule has 1 unspecified atom stereocenters. The average Bonchev–Trinajstić information content (AvgIpc) is 2.33. The number of hydrogen-bond donors (Lipinski definition) is 2. The van der Waals surface area contributed by atoms with Crippen molar-refractivity contribution in [3.05, 3.63) is 28.7 Å². The highest BCUT2D eigenvalue weighted by Crippen LogP contribution is 2.21. The number of anilines is 1. The molecule has 4 heteroatoms. The van der Waals surface area contributed by atoms with Gasteiger partial charge in [0.2, 0.25) is 5.91 Å². The fourth-order valence-corrected chi connectivity index (χ4v) is 2.24. The standard InChI is InChI=1S/C12H15BrN2O/c13-9-5-1-2-6-10(9)15-12(16)11-7-3-4-8-14-11/h1-2,5-6,11,14H,3-4,7-8H2,(H,15,16). The number of carbonyl (C=O) groups is 1. The zero-order chi connectivity index (χ0) is 11.4. The van der Waals surface area contributed by atoms with Crippen LogP contribution in [0.15, 0.2) is 28.7 Å². The van der Waals surface area contributed by atoms with Gasteiger partial charge in [-0.05, 0) is 47.4 Å². The second kappa shape index (κ2) is 5.46.